The van der Waals surface area contributed by atoms with E-state index in [0.29, 0.717) is 6.04 Å². The van der Waals surface area contributed by atoms with Gasteiger partial charge >= 0.3 is 0 Å². The fourth-order valence-electron chi connectivity index (χ4n) is 2.48. The van der Waals surface area contributed by atoms with Crippen molar-refractivity contribution in [2.24, 2.45) is 10.8 Å². The van der Waals surface area contributed by atoms with Gasteiger partial charge in [-0.2, -0.15) is 0 Å². The van der Waals surface area contributed by atoms with Crippen LogP contribution in [-0.4, -0.2) is 19.0 Å². The summed E-state index contributed by atoms with van der Waals surface area (Å²) in [5, 5.41) is 0. The SMILES string of the molecule is COc1ccc(CCC(=NC2CCCC2)NN)cc1. The molecule has 104 valence electrons. The van der Waals surface area contributed by atoms with Crippen LogP contribution in [0.2, 0.25) is 0 Å². The molecular formula is C15H23N3O. The molecular weight excluding hydrogens is 238 g/mol. The molecule has 0 unspecified atom stereocenters. The summed E-state index contributed by atoms with van der Waals surface area (Å²) in [6, 6.07) is 8.62. The number of amidine groups is 1. The van der Waals surface area contributed by atoms with Crippen LogP contribution in [0.3, 0.4) is 0 Å². The first-order valence-electron chi connectivity index (χ1n) is 6.98. The van der Waals surface area contributed by atoms with Crippen molar-refractivity contribution < 1.29 is 4.74 Å². The summed E-state index contributed by atoms with van der Waals surface area (Å²) in [5.74, 6) is 7.37. The number of hydrogen-bond donors (Lipinski definition) is 2. The first kappa shape index (κ1) is 13.9. The van der Waals surface area contributed by atoms with Crippen molar-refractivity contribution >= 4 is 5.84 Å². The van der Waals surface area contributed by atoms with Gasteiger partial charge in [-0.1, -0.05) is 25.0 Å². The van der Waals surface area contributed by atoms with Gasteiger partial charge < -0.3 is 10.2 Å². The molecule has 1 aromatic rings. The van der Waals surface area contributed by atoms with Gasteiger partial charge in [0.1, 0.15) is 11.6 Å². The molecule has 0 saturated heterocycles. The third kappa shape index (κ3) is 4.24. The Bertz CT molecular complexity index is 408. The topological polar surface area (TPSA) is 59.6 Å². The van der Waals surface area contributed by atoms with E-state index < -0.39 is 0 Å². The minimum atomic E-state index is 0.474. The molecule has 3 N–H and O–H groups in total. The van der Waals surface area contributed by atoms with Crippen LogP contribution in [0.15, 0.2) is 29.3 Å². The van der Waals surface area contributed by atoms with E-state index in [-0.39, 0.29) is 0 Å². The Balaban J connectivity index is 1.87. The Hall–Kier alpha value is -1.55. The molecule has 0 bridgehead atoms. The first-order valence-corrected chi connectivity index (χ1v) is 6.98. The third-order valence-electron chi connectivity index (χ3n) is 3.64. The van der Waals surface area contributed by atoms with Crippen molar-refractivity contribution in [2.75, 3.05) is 7.11 Å². The molecule has 4 heteroatoms. The van der Waals surface area contributed by atoms with Gasteiger partial charge in [-0.05, 0) is 37.0 Å². The minimum Gasteiger partial charge on any atom is -0.497 e. The van der Waals surface area contributed by atoms with Crippen LogP contribution >= 0.6 is 0 Å². The number of aliphatic imine (C=N–C) groups is 1. The number of hydrogen-bond acceptors (Lipinski definition) is 3. The molecule has 4 nitrogen and oxygen atoms in total. The second-order valence-corrected chi connectivity index (χ2v) is 5.01. The molecule has 0 spiro atoms. The molecule has 1 fully saturated rings. The summed E-state index contributed by atoms with van der Waals surface area (Å²) in [6.07, 6.45) is 6.80. The number of benzene rings is 1. The molecule has 0 amide bonds. The molecule has 19 heavy (non-hydrogen) atoms. The molecule has 2 rings (SSSR count). The Kier molecular flexibility index (Phi) is 5.21. The van der Waals surface area contributed by atoms with Gasteiger partial charge in [-0.15, -0.1) is 0 Å². The van der Waals surface area contributed by atoms with Gasteiger partial charge in [-0.25, -0.2) is 5.84 Å². The van der Waals surface area contributed by atoms with Crippen LogP contribution in [0.4, 0.5) is 0 Å². The molecule has 1 aliphatic carbocycles. The summed E-state index contributed by atoms with van der Waals surface area (Å²) in [4.78, 5) is 4.70. The highest BCUT2D eigenvalue weighted by Crippen LogP contribution is 2.21. The van der Waals surface area contributed by atoms with Gasteiger partial charge in [0.2, 0.25) is 0 Å². The van der Waals surface area contributed by atoms with Crippen molar-refractivity contribution in [2.45, 2.75) is 44.6 Å². The fourth-order valence-corrected chi connectivity index (χ4v) is 2.48. The van der Waals surface area contributed by atoms with E-state index in [1.165, 1.54) is 31.2 Å². The second kappa shape index (κ2) is 7.14. The molecule has 0 radical (unpaired) electrons. The standard InChI is InChI=1S/C15H23N3O/c1-19-14-9-6-12(7-10-14)8-11-15(18-16)17-13-4-2-3-5-13/h6-7,9-10,13H,2-5,8,11,16H2,1H3,(H,17,18). The first-order chi connectivity index (χ1) is 9.31. The number of hydrazine groups is 1. The lowest BCUT2D eigenvalue weighted by atomic mass is 10.1. The number of nitrogens with one attached hydrogen (secondary N) is 1. The maximum Gasteiger partial charge on any atom is 0.118 e. The highest BCUT2D eigenvalue weighted by Gasteiger charge is 2.14. The fraction of sp³-hybridized carbons (Fsp3) is 0.533. The van der Waals surface area contributed by atoms with Crippen molar-refractivity contribution in [3.05, 3.63) is 29.8 Å². The Labute approximate surface area is 115 Å². The maximum atomic E-state index is 5.56. The van der Waals surface area contributed by atoms with Crippen LogP contribution in [-0.2, 0) is 6.42 Å². The predicted molar refractivity (Wildman–Crippen MR) is 78.3 cm³/mol. The normalized spacial score (nSPS) is 16.6. The summed E-state index contributed by atoms with van der Waals surface area (Å²) in [5.41, 5.74) is 4.02. The van der Waals surface area contributed by atoms with E-state index in [1.54, 1.807) is 7.11 Å². The molecule has 0 aliphatic heterocycles. The van der Waals surface area contributed by atoms with Crippen molar-refractivity contribution in [1.82, 2.24) is 5.43 Å². The maximum absolute atomic E-state index is 5.56. The van der Waals surface area contributed by atoms with E-state index in [4.69, 9.17) is 15.6 Å². The molecule has 0 heterocycles. The van der Waals surface area contributed by atoms with Crippen LogP contribution in [0.1, 0.15) is 37.7 Å². The number of aryl methyl sites for hydroxylation is 1. The predicted octanol–water partition coefficient (Wildman–Crippen LogP) is 2.43. The monoisotopic (exact) mass is 261 g/mol. The summed E-state index contributed by atoms with van der Waals surface area (Å²) >= 11 is 0. The Morgan fingerprint density at radius 3 is 2.58 bits per heavy atom. The van der Waals surface area contributed by atoms with E-state index in [2.05, 4.69) is 17.6 Å². The molecule has 1 aromatic carbocycles. The minimum absolute atomic E-state index is 0.474. The number of nitrogens with two attached hydrogens (primary N) is 1. The average Bonchev–Trinajstić information content (AvgIpc) is 2.97. The van der Waals surface area contributed by atoms with Crippen LogP contribution in [0.5, 0.6) is 5.75 Å². The number of nitrogens with zero attached hydrogens (tertiary/aromatic N) is 1. The van der Waals surface area contributed by atoms with Crippen molar-refractivity contribution in [1.29, 1.82) is 0 Å². The van der Waals surface area contributed by atoms with E-state index in [1.807, 2.05) is 12.1 Å². The van der Waals surface area contributed by atoms with Crippen LogP contribution < -0.4 is 16.0 Å². The number of ether oxygens (including phenoxy) is 1. The summed E-state index contributed by atoms with van der Waals surface area (Å²) in [7, 11) is 1.68. The lowest BCUT2D eigenvalue weighted by Crippen LogP contribution is -2.31. The van der Waals surface area contributed by atoms with Gasteiger partial charge in [-0.3, -0.25) is 4.99 Å². The highest BCUT2D eigenvalue weighted by molar-refractivity contribution is 5.82. The Morgan fingerprint density at radius 2 is 2.00 bits per heavy atom. The summed E-state index contributed by atoms with van der Waals surface area (Å²) < 4.78 is 5.15. The van der Waals surface area contributed by atoms with Gasteiger partial charge in [0.05, 0.1) is 13.2 Å². The van der Waals surface area contributed by atoms with Gasteiger partial charge in [0.15, 0.2) is 0 Å². The van der Waals surface area contributed by atoms with E-state index in [0.717, 1.165) is 24.4 Å². The molecule has 0 atom stereocenters. The number of methoxy groups -OCH3 is 1. The Morgan fingerprint density at radius 1 is 1.32 bits per heavy atom. The average molecular weight is 261 g/mol. The summed E-state index contributed by atoms with van der Waals surface area (Å²) in [6.45, 7) is 0. The van der Waals surface area contributed by atoms with Gasteiger partial charge in [0, 0.05) is 6.42 Å². The van der Waals surface area contributed by atoms with Crippen molar-refractivity contribution in [3.8, 4) is 5.75 Å². The zero-order valence-electron chi connectivity index (χ0n) is 11.6. The van der Waals surface area contributed by atoms with Gasteiger partial charge in [0.25, 0.3) is 0 Å². The molecule has 1 aliphatic rings. The molecule has 0 aromatic heterocycles. The largest absolute Gasteiger partial charge is 0.497 e. The zero-order chi connectivity index (χ0) is 13.5. The van der Waals surface area contributed by atoms with Crippen LogP contribution in [0, 0.1) is 0 Å². The zero-order valence-corrected chi connectivity index (χ0v) is 11.6. The third-order valence-corrected chi connectivity index (χ3v) is 3.64. The molecule has 1 saturated carbocycles. The second-order valence-electron chi connectivity index (χ2n) is 5.01. The smallest absolute Gasteiger partial charge is 0.118 e. The van der Waals surface area contributed by atoms with Crippen molar-refractivity contribution in [3.63, 3.8) is 0 Å². The van der Waals surface area contributed by atoms with Crippen LogP contribution in [0.25, 0.3) is 0 Å². The quantitative estimate of drug-likeness (QED) is 0.370. The number of rotatable bonds is 5. The van der Waals surface area contributed by atoms with E-state index >= 15 is 0 Å². The highest BCUT2D eigenvalue weighted by atomic mass is 16.5. The lowest BCUT2D eigenvalue weighted by Gasteiger charge is -2.10. The lowest BCUT2D eigenvalue weighted by molar-refractivity contribution is 0.414. The van der Waals surface area contributed by atoms with E-state index in [9.17, 15) is 0 Å².